The molecule has 3 rings (SSSR count). The van der Waals surface area contributed by atoms with Crippen LogP contribution >= 0.6 is 22.9 Å². The third-order valence-electron chi connectivity index (χ3n) is 2.53. The topological polar surface area (TPSA) is 12.9 Å². The molecule has 0 aliphatic rings. The zero-order valence-electron chi connectivity index (χ0n) is 8.95. The molecule has 0 bridgehead atoms. The fraction of sp³-hybridized carbons (Fsp3) is 0. The number of nitrogens with zero attached hydrogens (tertiary/aromatic N) is 1. The van der Waals surface area contributed by atoms with Crippen molar-refractivity contribution in [3.8, 4) is 10.6 Å². The summed E-state index contributed by atoms with van der Waals surface area (Å²) < 4.78 is 28.1. The Bertz CT molecular complexity index is 719. The molecule has 0 radical (unpaired) electrons. The summed E-state index contributed by atoms with van der Waals surface area (Å²) >= 11 is 7.08. The first-order chi connectivity index (χ1) is 8.65. The second-order valence-corrected chi connectivity index (χ2v) is 5.19. The van der Waals surface area contributed by atoms with Gasteiger partial charge in [-0.2, -0.15) is 0 Å². The maximum Gasteiger partial charge on any atom is 0.136 e. The van der Waals surface area contributed by atoms with Crippen molar-refractivity contribution in [3.05, 3.63) is 53.1 Å². The lowest BCUT2D eigenvalue weighted by molar-refractivity contribution is 0.589. The molecule has 1 heterocycles. The molecule has 1 aromatic heterocycles. The second-order valence-electron chi connectivity index (χ2n) is 3.73. The summed E-state index contributed by atoms with van der Waals surface area (Å²) in [6.07, 6.45) is 0. The molecule has 5 heteroatoms. The van der Waals surface area contributed by atoms with Gasteiger partial charge in [-0.25, -0.2) is 13.8 Å². The zero-order valence-corrected chi connectivity index (χ0v) is 10.5. The first-order valence-electron chi connectivity index (χ1n) is 5.15. The first kappa shape index (κ1) is 11.6. The molecule has 0 saturated heterocycles. The first-order valence-corrected chi connectivity index (χ1v) is 6.35. The third kappa shape index (κ3) is 1.87. The molecule has 18 heavy (non-hydrogen) atoms. The third-order valence-corrected chi connectivity index (χ3v) is 3.80. The minimum Gasteiger partial charge on any atom is -0.236 e. The molecule has 0 aliphatic heterocycles. The van der Waals surface area contributed by atoms with E-state index < -0.39 is 11.6 Å². The molecule has 0 spiro atoms. The summed E-state index contributed by atoms with van der Waals surface area (Å²) in [5.41, 5.74) is 0.594. The van der Waals surface area contributed by atoms with Crippen LogP contribution in [0.5, 0.6) is 0 Å². The van der Waals surface area contributed by atoms with Crippen molar-refractivity contribution >= 4 is 33.2 Å². The average Bonchev–Trinajstić information content (AvgIpc) is 2.71. The van der Waals surface area contributed by atoms with Crippen molar-refractivity contribution in [1.29, 1.82) is 0 Å². The summed E-state index contributed by atoms with van der Waals surface area (Å²) in [6, 6.07) is 8.94. The zero-order chi connectivity index (χ0) is 12.7. The summed E-state index contributed by atoms with van der Waals surface area (Å²) in [7, 11) is 0. The van der Waals surface area contributed by atoms with Crippen molar-refractivity contribution in [1.82, 2.24) is 4.98 Å². The summed E-state index contributed by atoms with van der Waals surface area (Å²) in [5, 5.41) is 0.898. The molecular weight excluding hydrogens is 276 g/mol. The lowest BCUT2D eigenvalue weighted by Gasteiger charge is -1.99. The minimum absolute atomic E-state index is 0.0881. The van der Waals surface area contributed by atoms with E-state index in [1.165, 1.54) is 29.5 Å². The molecule has 0 saturated carbocycles. The van der Waals surface area contributed by atoms with E-state index in [4.69, 9.17) is 11.6 Å². The van der Waals surface area contributed by atoms with Gasteiger partial charge in [-0.3, -0.25) is 0 Å². The number of rotatable bonds is 1. The molecule has 0 fully saturated rings. The quantitative estimate of drug-likeness (QED) is 0.618. The van der Waals surface area contributed by atoms with Gasteiger partial charge in [0, 0.05) is 5.02 Å². The van der Waals surface area contributed by atoms with Crippen LogP contribution in [-0.4, -0.2) is 4.98 Å². The second kappa shape index (κ2) is 4.30. The number of halogens is 3. The number of aromatic nitrogens is 1. The van der Waals surface area contributed by atoms with Crippen LogP contribution in [0.2, 0.25) is 5.02 Å². The molecule has 0 amide bonds. The van der Waals surface area contributed by atoms with Crippen LogP contribution in [0.15, 0.2) is 36.4 Å². The number of benzene rings is 2. The maximum atomic E-state index is 13.6. The van der Waals surface area contributed by atoms with E-state index in [1.54, 1.807) is 18.2 Å². The molecule has 0 aliphatic carbocycles. The smallest absolute Gasteiger partial charge is 0.136 e. The lowest BCUT2D eigenvalue weighted by atomic mass is 10.2. The van der Waals surface area contributed by atoms with E-state index in [-0.39, 0.29) is 5.56 Å². The molecule has 3 aromatic rings. The predicted molar refractivity (Wildman–Crippen MR) is 70.0 cm³/mol. The highest BCUT2D eigenvalue weighted by Gasteiger charge is 2.15. The Hall–Kier alpha value is -1.52. The Balaban J connectivity index is 2.26. The number of fused-ring (bicyclic) bond motifs is 1. The fourth-order valence-corrected chi connectivity index (χ4v) is 3.00. The Morgan fingerprint density at radius 2 is 1.78 bits per heavy atom. The molecule has 2 aromatic carbocycles. The van der Waals surface area contributed by atoms with Crippen molar-refractivity contribution in [2.24, 2.45) is 0 Å². The van der Waals surface area contributed by atoms with Crippen LogP contribution in [0.25, 0.3) is 20.8 Å². The van der Waals surface area contributed by atoms with Gasteiger partial charge in [0.05, 0.1) is 15.8 Å². The van der Waals surface area contributed by atoms with Gasteiger partial charge in [-0.1, -0.05) is 17.7 Å². The highest BCUT2D eigenvalue weighted by Crippen LogP contribution is 2.34. The van der Waals surface area contributed by atoms with Crippen molar-refractivity contribution in [3.63, 3.8) is 0 Å². The lowest BCUT2D eigenvalue weighted by Crippen LogP contribution is -1.88. The van der Waals surface area contributed by atoms with Gasteiger partial charge >= 0.3 is 0 Å². The summed E-state index contributed by atoms with van der Waals surface area (Å²) in [4.78, 5) is 4.23. The van der Waals surface area contributed by atoms with Crippen LogP contribution in [0, 0.1) is 11.6 Å². The van der Waals surface area contributed by atoms with Crippen molar-refractivity contribution < 1.29 is 8.78 Å². The van der Waals surface area contributed by atoms with Gasteiger partial charge in [0.25, 0.3) is 0 Å². The average molecular weight is 282 g/mol. The van der Waals surface area contributed by atoms with Gasteiger partial charge in [0.15, 0.2) is 0 Å². The molecule has 90 valence electrons. The van der Waals surface area contributed by atoms with Gasteiger partial charge in [0.1, 0.15) is 16.6 Å². The maximum absolute atomic E-state index is 13.6. The monoisotopic (exact) mass is 281 g/mol. The Kier molecular flexibility index (Phi) is 2.76. The van der Waals surface area contributed by atoms with Gasteiger partial charge in [-0.05, 0) is 30.3 Å². The normalized spacial score (nSPS) is 11.1. The van der Waals surface area contributed by atoms with E-state index >= 15 is 0 Å². The Morgan fingerprint density at radius 1 is 1.06 bits per heavy atom. The van der Waals surface area contributed by atoms with E-state index in [9.17, 15) is 8.78 Å². The highest BCUT2D eigenvalue weighted by atomic mass is 35.5. The van der Waals surface area contributed by atoms with E-state index in [0.717, 1.165) is 4.70 Å². The van der Waals surface area contributed by atoms with E-state index in [1.807, 2.05) is 0 Å². The number of hydrogen-bond donors (Lipinski definition) is 0. The molecule has 0 unspecified atom stereocenters. The van der Waals surface area contributed by atoms with Crippen LogP contribution in [0.4, 0.5) is 8.78 Å². The summed E-state index contributed by atoms with van der Waals surface area (Å²) in [5.74, 6) is -1.22. The highest BCUT2D eigenvalue weighted by molar-refractivity contribution is 7.21. The predicted octanol–water partition coefficient (Wildman–Crippen LogP) is 4.89. The van der Waals surface area contributed by atoms with Gasteiger partial charge < -0.3 is 0 Å². The summed E-state index contributed by atoms with van der Waals surface area (Å²) in [6.45, 7) is 0. The van der Waals surface area contributed by atoms with Gasteiger partial charge in [0.2, 0.25) is 0 Å². The van der Waals surface area contributed by atoms with E-state index in [0.29, 0.717) is 15.5 Å². The number of thiazole rings is 1. The molecule has 1 nitrogen and oxygen atoms in total. The van der Waals surface area contributed by atoms with Crippen molar-refractivity contribution in [2.75, 3.05) is 0 Å². The number of hydrogen-bond acceptors (Lipinski definition) is 2. The standard InChI is InChI=1S/C13H6ClF2NS/c14-7-4-5-10-11(6-7)18-13(17-10)12-8(15)2-1-3-9(12)16/h1-6H. The van der Waals surface area contributed by atoms with E-state index in [2.05, 4.69) is 4.98 Å². The Labute approximate surface area is 111 Å². The molecular formula is C13H6ClF2NS. The SMILES string of the molecule is Fc1cccc(F)c1-c1nc2ccc(Cl)cc2s1. The fourth-order valence-electron chi connectivity index (χ4n) is 1.71. The largest absolute Gasteiger partial charge is 0.236 e. The van der Waals surface area contributed by atoms with Crippen LogP contribution in [0.1, 0.15) is 0 Å². The molecule has 0 N–H and O–H groups in total. The Morgan fingerprint density at radius 3 is 2.50 bits per heavy atom. The minimum atomic E-state index is -0.611. The van der Waals surface area contributed by atoms with Crippen molar-refractivity contribution in [2.45, 2.75) is 0 Å². The van der Waals surface area contributed by atoms with Crippen LogP contribution in [-0.2, 0) is 0 Å². The van der Waals surface area contributed by atoms with Crippen LogP contribution < -0.4 is 0 Å². The van der Waals surface area contributed by atoms with Gasteiger partial charge in [-0.15, -0.1) is 11.3 Å². The van der Waals surface area contributed by atoms with Crippen LogP contribution in [0.3, 0.4) is 0 Å². The molecule has 0 atom stereocenters.